The Kier molecular flexibility index (Phi) is 2.67. The van der Waals surface area contributed by atoms with Crippen molar-refractivity contribution in [2.75, 3.05) is 18.0 Å². The van der Waals surface area contributed by atoms with Crippen LogP contribution in [0.1, 0.15) is 12.8 Å². The molecule has 2 aromatic rings. The summed E-state index contributed by atoms with van der Waals surface area (Å²) in [7, 11) is 0. The summed E-state index contributed by atoms with van der Waals surface area (Å²) in [5, 5.41) is 0.639. The average Bonchev–Trinajstić information content (AvgIpc) is 2.72. The molecule has 3 rings (SSSR count). The van der Waals surface area contributed by atoms with E-state index in [1.54, 1.807) is 18.2 Å². The van der Waals surface area contributed by atoms with Crippen LogP contribution in [-0.2, 0) is 0 Å². The molecule has 1 aliphatic heterocycles. The van der Waals surface area contributed by atoms with E-state index in [1.807, 2.05) is 4.90 Å². The molecule has 0 unspecified atom stereocenters. The summed E-state index contributed by atoms with van der Waals surface area (Å²) in [5.41, 5.74) is 1.46. The maximum atomic E-state index is 13.0. The molecule has 0 bridgehead atoms. The maximum absolute atomic E-state index is 13.0. The van der Waals surface area contributed by atoms with Gasteiger partial charge in [0.1, 0.15) is 11.7 Å². The first-order valence-corrected chi connectivity index (χ1v) is 6.05. The highest BCUT2D eigenvalue weighted by molar-refractivity contribution is 6.31. The van der Waals surface area contributed by atoms with Crippen molar-refractivity contribution >= 4 is 28.7 Å². The van der Waals surface area contributed by atoms with Gasteiger partial charge in [0.05, 0.1) is 0 Å². The van der Waals surface area contributed by atoms with Gasteiger partial charge in [-0.25, -0.2) is 4.39 Å². The second kappa shape index (κ2) is 4.18. The van der Waals surface area contributed by atoms with E-state index in [0.29, 0.717) is 42.6 Å². The van der Waals surface area contributed by atoms with Gasteiger partial charge in [-0.15, -0.1) is 0 Å². The van der Waals surface area contributed by atoms with Crippen molar-refractivity contribution in [1.29, 1.82) is 0 Å². The number of fused-ring (bicyclic) bond motifs is 1. The van der Waals surface area contributed by atoms with Gasteiger partial charge in [-0.3, -0.25) is 0 Å². The van der Waals surface area contributed by atoms with Crippen molar-refractivity contribution in [3.8, 4) is 0 Å². The molecule has 0 radical (unpaired) electrons. The lowest BCUT2D eigenvalue weighted by molar-refractivity contribution is 0.273. The first-order valence-electron chi connectivity index (χ1n) is 5.67. The molecule has 1 aliphatic rings. The number of aromatic nitrogens is 1. The second-order valence-electron chi connectivity index (χ2n) is 4.27. The van der Waals surface area contributed by atoms with Gasteiger partial charge in [0.2, 0.25) is 0 Å². The van der Waals surface area contributed by atoms with E-state index in [0.717, 1.165) is 5.52 Å². The average molecular weight is 255 g/mol. The molecule has 0 spiro atoms. The maximum Gasteiger partial charge on any atom is 0.298 e. The Morgan fingerprint density at radius 1 is 1.35 bits per heavy atom. The topological polar surface area (TPSA) is 29.3 Å². The molecular weight excluding hydrogens is 243 g/mol. The number of hydrogen-bond donors (Lipinski definition) is 0. The normalized spacial score (nSPS) is 17.9. The second-order valence-corrected chi connectivity index (χ2v) is 4.71. The van der Waals surface area contributed by atoms with Gasteiger partial charge < -0.3 is 9.32 Å². The van der Waals surface area contributed by atoms with Crippen molar-refractivity contribution in [1.82, 2.24) is 4.98 Å². The Labute approximate surface area is 103 Å². The van der Waals surface area contributed by atoms with E-state index in [9.17, 15) is 4.39 Å². The summed E-state index contributed by atoms with van der Waals surface area (Å²) >= 11 is 5.89. The van der Waals surface area contributed by atoms with Crippen molar-refractivity contribution in [3.05, 3.63) is 23.2 Å². The van der Waals surface area contributed by atoms with Crippen molar-refractivity contribution in [3.63, 3.8) is 0 Å². The van der Waals surface area contributed by atoms with Gasteiger partial charge >= 0.3 is 0 Å². The molecule has 0 saturated carbocycles. The summed E-state index contributed by atoms with van der Waals surface area (Å²) in [6, 6.07) is 5.91. The summed E-state index contributed by atoms with van der Waals surface area (Å²) in [6.45, 7) is 1.31. The zero-order valence-corrected chi connectivity index (χ0v) is 9.95. The van der Waals surface area contributed by atoms with Crippen molar-refractivity contribution in [2.45, 2.75) is 19.0 Å². The van der Waals surface area contributed by atoms with E-state index < -0.39 is 6.17 Å². The van der Waals surface area contributed by atoms with E-state index in [4.69, 9.17) is 16.0 Å². The Morgan fingerprint density at radius 2 is 2.12 bits per heavy atom. The zero-order chi connectivity index (χ0) is 11.8. The first-order chi connectivity index (χ1) is 8.22. The molecule has 17 heavy (non-hydrogen) atoms. The number of halogens is 2. The molecule has 1 saturated heterocycles. The van der Waals surface area contributed by atoms with Crippen LogP contribution in [0, 0.1) is 0 Å². The molecule has 1 aromatic carbocycles. The molecule has 1 fully saturated rings. The fourth-order valence-electron chi connectivity index (χ4n) is 2.06. The van der Waals surface area contributed by atoms with Crippen molar-refractivity contribution < 1.29 is 8.81 Å². The minimum Gasteiger partial charge on any atom is -0.423 e. The van der Waals surface area contributed by atoms with Crippen LogP contribution in [0.15, 0.2) is 22.6 Å². The van der Waals surface area contributed by atoms with Gasteiger partial charge in [-0.05, 0) is 31.0 Å². The van der Waals surface area contributed by atoms with Crippen molar-refractivity contribution in [2.24, 2.45) is 0 Å². The summed E-state index contributed by atoms with van der Waals surface area (Å²) in [6.07, 6.45) is 0.393. The minimum atomic E-state index is -0.690. The lowest BCUT2D eigenvalue weighted by Crippen LogP contribution is -2.34. The molecule has 90 valence electrons. The lowest BCUT2D eigenvalue weighted by atomic mass is 10.1. The van der Waals surface area contributed by atoms with Gasteiger partial charge in [0.25, 0.3) is 6.01 Å². The Balaban J connectivity index is 1.90. The molecule has 0 amide bonds. The first kappa shape index (κ1) is 10.8. The van der Waals surface area contributed by atoms with Crippen LogP contribution in [0.4, 0.5) is 10.4 Å². The summed E-state index contributed by atoms with van der Waals surface area (Å²) in [4.78, 5) is 6.35. The molecule has 0 aliphatic carbocycles. The Morgan fingerprint density at radius 3 is 2.88 bits per heavy atom. The molecule has 3 nitrogen and oxygen atoms in total. The minimum absolute atomic E-state index is 0.541. The fraction of sp³-hybridized carbons (Fsp3) is 0.417. The van der Waals surface area contributed by atoms with Crippen LogP contribution in [0.3, 0.4) is 0 Å². The molecule has 2 heterocycles. The van der Waals surface area contributed by atoms with Crippen LogP contribution in [-0.4, -0.2) is 24.2 Å². The Hall–Kier alpha value is -1.29. The Bertz CT molecular complexity index is 534. The molecule has 0 atom stereocenters. The van der Waals surface area contributed by atoms with Crippen LogP contribution < -0.4 is 4.90 Å². The van der Waals surface area contributed by atoms with Crippen LogP contribution >= 0.6 is 11.6 Å². The van der Waals surface area contributed by atoms with E-state index in [-0.39, 0.29) is 0 Å². The molecular formula is C12H12ClFN2O. The molecule has 0 N–H and O–H groups in total. The lowest BCUT2D eigenvalue weighted by Gasteiger charge is -2.26. The van der Waals surface area contributed by atoms with Gasteiger partial charge in [-0.1, -0.05) is 11.6 Å². The van der Waals surface area contributed by atoms with E-state index in [2.05, 4.69) is 4.98 Å². The number of rotatable bonds is 1. The predicted molar refractivity (Wildman–Crippen MR) is 65.4 cm³/mol. The number of anilines is 1. The predicted octanol–water partition coefficient (Wildman–Crippen LogP) is 3.42. The third-order valence-corrected chi connectivity index (χ3v) is 3.27. The number of alkyl halides is 1. The third kappa shape index (κ3) is 2.09. The molecule has 5 heteroatoms. The number of benzene rings is 1. The SMILES string of the molecule is FC1CCN(c2nc3cc(Cl)ccc3o2)CC1. The van der Waals surface area contributed by atoms with Gasteiger partial charge in [-0.2, -0.15) is 4.98 Å². The van der Waals surface area contributed by atoms with Gasteiger partial charge in [0, 0.05) is 18.1 Å². The highest BCUT2D eigenvalue weighted by Gasteiger charge is 2.22. The van der Waals surface area contributed by atoms with Crippen LogP contribution in [0.5, 0.6) is 0 Å². The quantitative estimate of drug-likeness (QED) is 0.781. The standard InChI is InChI=1S/C12H12ClFN2O/c13-8-1-2-11-10(7-8)15-12(17-11)16-5-3-9(14)4-6-16/h1-2,7,9H,3-6H2. The number of oxazole rings is 1. The highest BCUT2D eigenvalue weighted by Crippen LogP contribution is 2.26. The number of nitrogens with zero attached hydrogens (tertiary/aromatic N) is 2. The summed E-state index contributed by atoms with van der Waals surface area (Å²) < 4.78 is 18.7. The van der Waals surface area contributed by atoms with E-state index >= 15 is 0 Å². The third-order valence-electron chi connectivity index (χ3n) is 3.03. The molecule has 1 aromatic heterocycles. The smallest absolute Gasteiger partial charge is 0.298 e. The van der Waals surface area contributed by atoms with Gasteiger partial charge in [0.15, 0.2) is 5.58 Å². The van der Waals surface area contributed by atoms with E-state index in [1.165, 1.54) is 0 Å². The summed E-state index contributed by atoms with van der Waals surface area (Å²) in [5.74, 6) is 0. The monoisotopic (exact) mass is 254 g/mol. The number of hydrogen-bond acceptors (Lipinski definition) is 3. The van der Waals surface area contributed by atoms with Crippen LogP contribution in [0.2, 0.25) is 5.02 Å². The zero-order valence-electron chi connectivity index (χ0n) is 9.20. The highest BCUT2D eigenvalue weighted by atomic mass is 35.5. The number of piperidine rings is 1. The van der Waals surface area contributed by atoms with Crippen LogP contribution in [0.25, 0.3) is 11.1 Å². The largest absolute Gasteiger partial charge is 0.423 e. The fourth-order valence-corrected chi connectivity index (χ4v) is 2.23.